The largest absolute Gasteiger partial charge is 0.457 e. The molecule has 0 radical (unpaired) electrons. The van der Waals surface area contributed by atoms with Crippen molar-refractivity contribution in [3.8, 4) is 0 Å². The molecule has 0 aliphatic carbocycles. The molecule has 1 heterocycles. The minimum Gasteiger partial charge on any atom is -0.457 e. The highest BCUT2D eigenvalue weighted by molar-refractivity contribution is 6.35. The van der Waals surface area contributed by atoms with E-state index in [-0.39, 0.29) is 24.5 Å². The number of rotatable bonds is 19. The molecule has 7 nitrogen and oxygen atoms in total. The third-order valence-electron chi connectivity index (χ3n) is 8.64. The van der Waals surface area contributed by atoms with Crippen LogP contribution in [-0.4, -0.2) is 62.9 Å². The molecule has 250 valence electrons. The van der Waals surface area contributed by atoms with Gasteiger partial charge in [0.05, 0.1) is 35.9 Å². The molecule has 8 atom stereocenters. The van der Waals surface area contributed by atoms with E-state index in [0.29, 0.717) is 41.8 Å². The number of epoxide rings is 1. The molecule has 0 aromatic heterocycles. The van der Waals surface area contributed by atoms with E-state index in [1.807, 2.05) is 39.8 Å². The third kappa shape index (κ3) is 12.4. The minimum absolute atomic E-state index is 0.00120. The molecule has 1 fully saturated rings. The number of hydrogen-bond donors (Lipinski definition) is 4. The Bertz CT molecular complexity index is 1120. The predicted molar refractivity (Wildman–Crippen MR) is 179 cm³/mol. The summed E-state index contributed by atoms with van der Waals surface area (Å²) in [5.41, 5.74) is -0.443. The maximum absolute atomic E-state index is 12.7. The van der Waals surface area contributed by atoms with E-state index in [2.05, 4.69) is 19.2 Å². The Labute approximate surface area is 275 Å². The summed E-state index contributed by atoms with van der Waals surface area (Å²) in [5.74, 6) is -0.115. The second-order valence-corrected chi connectivity index (χ2v) is 14.2. The van der Waals surface area contributed by atoms with Gasteiger partial charge in [-0.25, -0.2) is 0 Å². The first-order valence-electron chi connectivity index (χ1n) is 16.0. The fraction of sp³-hybridized carbons (Fsp3) is 0.686. The summed E-state index contributed by atoms with van der Waals surface area (Å²) in [7, 11) is 0. The standard InChI is InChI=1S/C35H55Cl2NO6/c1-9-12-23(5)31-32(44-31)33(38-21-25-14-15-26(36)19-28(25)37)35(8,42)17-11-13-24(6)30(22(3)4)43-29(40)20-27(39)16-18-34(7,41)10-2/h11,13-15,17,19,22-23,27,30-33,38-39,41-42H,9-10,12,16,18,20-21H2,1-8H3. The Kier molecular flexibility index (Phi) is 15.4. The molecule has 2 rings (SSSR count). The zero-order chi connectivity index (χ0) is 33.2. The summed E-state index contributed by atoms with van der Waals surface area (Å²) in [6.07, 6.45) is 7.16. The van der Waals surface area contributed by atoms with Crippen LogP contribution in [0.1, 0.15) is 99.5 Å². The lowest BCUT2D eigenvalue weighted by molar-refractivity contribution is -0.151. The Morgan fingerprint density at radius 1 is 1.14 bits per heavy atom. The van der Waals surface area contributed by atoms with Crippen molar-refractivity contribution in [2.75, 3.05) is 0 Å². The quantitative estimate of drug-likeness (QED) is 0.0710. The molecule has 0 spiro atoms. The monoisotopic (exact) mass is 655 g/mol. The van der Waals surface area contributed by atoms with Crippen molar-refractivity contribution >= 4 is 29.2 Å². The number of benzene rings is 1. The number of aliphatic hydroxyl groups excluding tert-OH is 1. The molecular weight excluding hydrogens is 601 g/mol. The molecular formula is C35H55Cl2NO6. The highest BCUT2D eigenvalue weighted by Gasteiger charge is 2.52. The molecule has 4 N–H and O–H groups in total. The molecule has 9 heteroatoms. The van der Waals surface area contributed by atoms with Crippen LogP contribution in [0.3, 0.4) is 0 Å². The average Bonchev–Trinajstić information content (AvgIpc) is 3.72. The smallest absolute Gasteiger partial charge is 0.309 e. The SMILES string of the molecule is CCCC(C)C1OC1C(NCc1ccc(Cl)cc1Cl)C(C)(O)C=CC=C(C)C(OC(=O)CC(O)CCC(C)(O)CC)C(C)C. The van der Waals surface area contributed by atoms with Crippen molar-refractivity contribution in [1.29, 1.82) is 0 Å². The number of carbonyl (C=O) groups excluding carboxylic acids is 1. The summed E-state index contributed by atoms with van der Waals surface area (Å²) in [5, 5.41) is 36.8. The van der Waals surface area contributed by atoms with E-state index in [9.17, 15) is 20.1 Å². The van der Waals surface area contributed by atoms with Gasteiger partial charge in [-0.15, -0.1) is 0 Å². The average molecular weight is 657 g/mol. The number of ether oxygens (including phenoxy) is 2. The molecule has 1 aromatic carbocycles. The maximum Gasteiger partial charge on any atom is 0.309 e. The first-order chi connectivity index (χ1) is 20.5. The summed E-state index contributed by atoms with van der Waals surface area (Å²) in [6.45, 7) is 16.0. The van der Waals surface area contributed by atoms with Gasteiger partial charge in [0.2, 0.25) is 0 Å². The lowest BCUT2D eigenvalue weighted by Crippen LogP contribution is -2.51. The zero-order valence-electron chi connectivity index (χ0n) is 27.8. The lowest BCUT2D eigenvalue weighted by Gasteiger charge is -2.31. The van der Waals surface area contributed by atoms with E-state index in [4.69, 9.17) is 32.7 Å². The van der Waals surface area contributed by atoms with E-state index < -0.39 is 35.4 Å². The van der Waals surface area contributed by atoms with Crippen LogP contribution in [0.2, 0.25) is 10.0 Å². The number of carbonyl (C=O) groups is 1. The predicted octanol–water partition coefficient (Wildman–Crippen LogP) is 7.17. The lowest BCUT2D eigenvalue weighted by atomic mass is 9.88. The number of halogens is 2. The summed E-state index contributed by atoms with van der Waals surface area (Å²) in [6, 6.07) is 4.96. The Morgan fingerprint density at radius 2 is 1.82 bits per heavy atom. The van der Waals surface area contributed by atoms with Gasteiger partial charge in [0.15, 0.2) is 0 Å². The van der Waals surface area contributed by atoms with Crippen LogP contribution in [0.5, 0.6) is 0 Å². The van der Waals surface area contributed by atoms with Gasteiger partial charge >= 0.3 is 5.97 Å². The molecule has 0 amide bonds. The van der Waals surface area contributed by atoms with Crippen LogP contribution in [0.25, 0.3) is 0 Å². The van der Waals surface area contributed by atoms with Crippen LogP contribution in [0.15, 0.2) is 42.0 Å². The Hall–Kier alpha value is -1.45. The molecule has 1 saturated heterocycles. The topological polar surface area (TPSA) is 112 Å². The zero-order valence-corrected chi connectivity index (χ0v) is 29.3. The normalized spacial score (nSPS) is 22.7. The summed E-state index contributed by atoms with van der Waals surface area (Å²) < 4.78 is 11.9. The fourth-order valence-corrected chi connectivity index (χ4v) is 5.98. The van der Waals surface area contributed by atoms with E-state index in [0.717, 1.165) is 24.0 Å². The van der Waals surface area contributed by atoms with E-state index in [1.165, 1.54) is 0 Å². The van der Waals surface area contributed by atoms with Crippen molar-refractivity contribution in [1.82, 2.24) is 5.32 Å². The molecule has 1 aliphatic heterocycles. The van der Waals surface area contributed by atoms with Gasteiger partial charge in [0.1, 0.15) is 12.2 Å². The number of aliphatic hydroxyl groups is 3. The highest BCUT2D eigenvalue weighted by atomic mass is 35.5. The van der Waals surface area contributed by atoms with Crippen molar-refractivity contribution in [3.05, 3.63) is 57.6 Å². The van der Waals surface area contributed by atoms with Crippen molar-refractivity contribution in [2.24, 2.45) is 11.8 Å². The number of nitrogens with one attached hydrogen (secondary N) is 1. The van der Waals surface area contributed by atoms with Crippen LogP contribution >= 0.6 is 23.2 Å². The van der Waals surface area contributed by atoms with Crippen molar-refractivity contribution < 1.29 is 29.6 Å². The molecule has 1 aliphatic rings. The van der Waals surface area contributed by atoms with Crippen LogP contribution in [0.4, 0.5) is 0 Å². The summed E-state index contributed by atoms with van der Waals surface area (Å²) in [4.78, 5) is 12.7. The van der Waals surface area contributed by atoms with Crippen LogP contribution in [-0.2, 0) is 20.8 Å². The van der Waals surface area contributed by atoms with Gasteiger partial charge in [0, 0.05) is 16.6 Å². The first-order valence-corrected chi connectivity index (χ1v) is 16.8. The number of esters is 1. The maximum atomic E-state index is 12.7. The van der Waals surface area contributed by atoms with Crippen molar-refractivity contribution in [3.63, 3.8) is 0 Å². The second kappa shape index (κ2) is 17.5. The Balaban J connectivity index is 2.13. The van der Waals surface area contributed by atoms with Gasteiger partial charge in [-0.3, -0.25) is 4.79 Å². The van der Waals surface area contributed by atoms with Crippen LogP contribution in [0, 0.1) is 11.8 Å². The summed E-state index contributed by atoms with van der Waals surface area (Å²) >= 11 is 12.5. The van der Waals surface area contributed by atoms with Gasteiger partial charge in [-0.05, 0) is 81.6 Å². The molecule has 0 bridgehead atoms. The van der Waals surface area contributed by atoms with Crippen molar-refractivity contribution in [2.45, 2.75) is 142 Å². The molecule has 1 aromatic rings. The molecule has 0 saturated carbocycles. The van der Waals surface area contributed by atoms with E-state index in [1.54, 1.807) is 38.1 Å². The fourth-order valence-electron chi connectivity index (χ4n) is 5.51. The van der Waals surface area contributed by atoms with Gasteiger partial charge in [-0.1, -0.05) is 88.5 Å². The van der Waals surface area contributed by atoms with Crippen LogP contribution < -0.4 is 5.32 Å². The molecule has 8 unspecified atom stereocenters. The van der Waals surface area contributed by atoms with Gasteiger partial charge in [-0.2, -0.15) is 0 Å². The highest BCUT2D eigenvalue weighted by Crippen LogP contribution is 2.38. The first kappa shape index (κ1) is 38.7. The third-order valence-corrected chi connectivity index (χ3v) is 9.22. The number of allylic oxidation sites excluding steroid dienone is 2. The van der Waals surface area contributed by atoms with Gasteiger partial charge < -0.3 is 30.1 Å². The van der Waals surface area contributed by atoms with Gasteiger partial charge in [0.25, 0.3) is 0 Å². The Morgan fingerprint density at radius 3 is 2.41 bits per heavy atom. The molecule has 44 heavy (non-hydrogen) atoms. The number of hydrogen-bond acceptors (Lipinski definition) is 7. The van der Waals surface area contributed by atoms with E-state index >= 15 is 0 Å². The second-order valence-electron chi connectivity index (χ2n) is 13.3. The minimum atomic E-state index is -1.27.